The Labute approximate surface area is 199 Å². The molecule has 5 rings (SSSR count). The second kappa shape index (κ2) is 8.55. The molecule has 7 nitrogen and oxygen atoms in total. The van der Waals surface area contributed by atoms with Gasteiger partial charge in [-0.2, -0.15) is 18.2 Å². The minimum atomic E-state index is -4.51. The van der Waals surface area contributed by atoms with E-state index in [1.807, 2.05) is 0 Å². The topological polar surface area (TPSA) is 93.8 Å². The number of aromatic amines is 1. The minimum Gasteiger partial charge on any atom is -0.334 e. The molecular formula is C24H14ClF3N4O3. The summed E-state index contributed by atoms with van der Waals surface area (Å²) in [5, 5.41) is 4.51. The van der Waals surface area contributed by atoms with Crippen molar-refractivity contribution >= 4 is 22.5 Å². The van der Waals surface area contributed by atoms with Crippen molar-refractivity contribution in [3.05, 3.63) is 104 Å². The molecule has 0 radical (unpaired) electrons. The minimum absolute atomic E-state index is 0.0169. The molecule has 0 saturated carbocycles. The van der Waals surface area contributed by atoms with Crippen molar-refractivity contribution in [3.8, 4) is 22.8 Å². The molecule has 176 valence electrons. The molecule has 0 amide bonds. The van der Waals surface area contributed by atoms with Gasteiger partial charge in [-0.3, -0.25) is 9.36 Å². The fraction of sp³-hybridized carbons (Fsp3) is 0.0833. The van der Waals surface area contributed by atoms with E-state index in [0.717, 1.165) is 16.7 Å². The fourth-order valence-corrected chi connectivity index (χ4v) is 3.85. The van der Waals surface area contributed by atoms with E-state index in [2.05, 4.69) is 15.1 Å². The highest BCUT2D eigenvalue weighted by Gasteiger charge is 2.30. The average Bonchev–Trinajstić information content (AvgIpc) is 3.31. The third-order valence-electron chi connectivity index (χ3n) is 5.33. The van der Waals surface area contributed by atoms with Gasteiger partial charge < -0.3 is 9.51 Å². The van der Waals surface area contributed by atoms with Gasteiger partial charge in [-0.15, -0.1) is 0 Å². The van der Waals surface area contributed by atoms with Crippen molar-refractivity contribution in [2.45, 2.75) is 12.7 Å². The van der Waals surface area contributed by atoms with Crippen LogP contribution in [0.15, 0.2) is 80.8 Å². The molecule has 2 aromatic heterocycles. The first-order valence-corrected chi connectivity index (χ1v) is 10.6. The van der Waals surface area contributed by atoms with Crippen LogP contribution < -0.4 is 11.2 Å². The molecule has 0 saturated heterocycles. The highest BCUT2D eigenvalue weighted by atomic mass is 35.5. The smallest absolute Gasteiger partial charge is 0.334 e. The number of aromatic nitrogens is 4. The Morgan fingerprint density at radius 3 is 2.54 bits per heavy atom. The SMILES string of the molecule is O=c1[nH]c2cc(-c3nc(-c4cccc(C(F)(F)F)c4)no3)ccc2c(=O)n1Cc1cccc(Cl)c1. The summed E-state index contributed by atoms with van der Waals surface area (Å²) in [6, 6.07) is 15.9. The molecule has 5 aromatic rings. The van der Waals surface area contributed by atoms with Gasteiger partial charge in [-0.05, 0) is 48.0 Å². The van der Waals surface area contributed by atoms with Crippen LogP contribution in [0.3, 0.4) is 0 Å². The first kappa shape index (κ1) is 22.6. The van der Waals surface area contributed by atoms with Gasteiger partial charge in [0.1, 0.15) is 0 Å². The number of halogens is 4. The van der Waals surface area contributed by atoms with Gasteiger partial charge in [-0.25, -0.2) is 4.79 Å². The fourth-order valence-electron chi connectivity index (χ4n) is 3.64. The molecule has 1 N–H and O–H groups in total. The van der Waals surface area contributed by atoms with Crippen LogP contribution in [0.25, 0.3) is 33.7 Å². The van der Waals surface area contributed by atoms with Crippen molar-refractivity contribution < 1.29 is 17.7 Å². The first-order chi connectivity index (χ1) is 16.7. The Balaban J connectivity index is 1.50. The van der Waals surface area contributed by atoms with Crippen LogP contribution in [-0.2, 0) is 12.7 Å². The molecule has 0 spiro atoms. The molecule has 0 atom stereocenters. The number of nitrogens with one attached hydrogen (secondary N) is 1. The summed E-state index contributed by atoms with van der Waals surface area (Å²) >= 11 is 5.99. The molecule has 0 bridgehead atoms. The Bertz CT molecular complexity index is 1690. The van der Waals surface area contributed by atoms with Gasteiger partial charge in [0.05, 0.1) is 23.0 Å². The van der Waals surface area contributed by atoms with Crippen LogP contribution in [0.1, 0.15) is 11.1 Å². The maximum absolute atomic E-state index is 13.0. The number of nitrogens with zero attached hydrogens (tertiary/aromatic N) is 3. The average molecular weight is 499 g/mol. The molecule has 11 heteroatoms. The first-order valence-electron chi connectivity index (χ1n) is 10.2. The molecule has 35 heavy (non-hydrogen) atoms. The van der Waals surface area contributed by atoms with Crippen LogP contribution >= 0.6 is 11.6 Å². The number of rotatable bonds is 4. The number of hydrogen-bond donors (Lipinski definition) is 1. The lowest BCUT2D eigenvalue weighted by molar-refractivity contribution is -0.137. The molecule has 0 unspecified atom stereocenters. The van der Waals surface area contributed by atoms with Crippen LogP contribution in [-0.4, -0.2) is 19.7 Å². The normalized spacial score (nSPS) is 11.8. The van der Waals surface area contributed by atoms with Crippen molar-refractivity contribution in [3.63, 3.8) is 0 Å². The summed E-state index contributed by atoms with van der Waals surface area (Å²) in [5.74, 6) is -0.0140. The lowest BCUT2D eigenvalue weighted by Crippen LogP contribution is -2.35. The Morgan fingerprint density at radius 1 is 0.971 bits per heavy atom. The van der Waals surface area contributed by atoms with Gasteiger partial charge in [0.15, 0.2) is 0 Å². The Kier molecular flexibility index (Phi) is 5.52. The molecule has 0 aliphatic carbocycles. The summed E-state index contributed by atoms with van der Waals surface area (Å²) in [6.45, 7) is 0.0381. The van der Waals surface area contributed by atoms with E-state index in [-0.39, 0.29) is 34.7 Å². The summed E-state index contributed by atoms with van der Waals surface area (Å²) in [5.41, 5.74) is -0.495. The second-order valence-electron chi connectivity index (χ2n) is 7.71. The number of alkyl halides is 3. The molecule has 2 heterocycles. The predicted molar refractivity (Wildman–Crippen MR) is 123 cm³/mol. The van der Waals surface area contributed by atoms with Gasteiger partial charge in [-0.1, -0.05) is 41.0 Å². The Morgan fingerprint density at radius 2 is 1.77 bits per heavy atom. The van der Waals surface area contributed by atoms with E-state index < -0.39 is 23.0 Å². The van der Waals surface area contributed by atoms with E-state index >= 15 is 0 Å². The van der Waals surface area contributed by atoms with E-state index in [0.29, 0.717) is 16.1 Å². The highest BCUT2D eigenvalue weighted by molar-refractivity contribution is 6.30. The van der Waals surface area contributed by atoms with Crippen molar-refractivity contribution in [2.75, 3.05) is 0 Å². The maximum atomic E-state index is 13.0. The number of H-pyrrole nitrogens is 1. The number of hydrogen-bond acceptors (Lipinski definition) is 5. The molecule has 0 aliphatic rings. The predicted octanol–water partition coefficient (Wildman–Crippen LogP) is 5.13. The quantitative estimate of drug-likeness (QED) is 0.371. The van der Waals surface area contributed by atoms with E-state index in [1.54, 1.807) is 30.3 Å². The highest BCUT2D eigenvalue weighted by Crippen LogP contribution is 2.32. The zero-order valence-electron chi connectivity index (χ0n) is 17.6. The number of benzene rings is 3. The van der Waals surface area contributed by atoms with Crippen molar-refractivity contribution in [1.82, 2.24) is 19.7 Å². The zero-order valence-corrected chi connectivity index (χ0v) is 18.4. The third-order valence-corrected chi connectivity index (χ3v) is 5.57. The summed E-state index contributed by atoms with van der Waals surface area (Å²) < 4.78 is 45.3. The number of fused-ring (bicyclic) bond motifs is 1. The van der Waals surface area contributed by atoms with Gasteiger partial charge in [0.2, 0.25) is 5.82 Å². The van der Waals surface area contributed by atoms with E-state index in [9.17, 15) is 22.8 Å². The summed E-state index contributed by atoms with van der Waals surface area (Å²) in [7, 11) is 0. The molecule has 3 aromatic carbocycles. The van der Waals surface area contributed by atoms with Gasteiger partial charge >= 0.3 is 11.9 Å². The van der Waals surface area contributed by atoms with Crippen LogP contribution in [0.2, 0.25) is 5.02 Å². The van der Waals surface area contributed by atoms with Gasteiger partial charge in [0, 0.05) is 16.1 Å². The van der Waals surface area contributed by atoms with E-state index in [1.165, 1.54) is 24.3 Å². The van der Waals surface area contributed by atoms with E-state index in [4.69, 9.17) is 16.1 Å². The van der Waals surface area contributed by atoms with Crippen molar-refractivity contribution in [2.24, 2.45) is 0 Å². The van der Waals surface area contributed by atoms with Gasteiger partial charge in [0.25, 0.3) is 11.4 Å². The summed E-state index contributed by atoms with van der Waals surface area (Å²) in [4.78, 5) is 32.4. The molecular weight excluding hydrogens is 485 g/mol. The lowest BCUT2D eigenvalue weighted by Gasteiger charge is -2.07. The standard InChI is InChI=1S/C24H14ClF3N4O3/c25-17-6-1-3-13(9-17)12-32-22(33)18-8-7-15(11-19(18)29-23(32)34)21-30-20(31-35-21)14-4-2-5-16(10-14)24(26,27)28/h1-11H,12H2,(H,29,34). The maximum Gasteiger partial charge on any atom is 0.416 e. The lowest BCUT2D eigenvalue weighted by atomic mass is 10.1. The van der Waals surface area contributed by atoms with Crippen LogP contribution in [0.5, 0.6) is 0 Å². The van der Waals surface area contributed by atoms with Crippen LogP contribution in [0.4, 0.5) is 13.2 Å². The largest absolute Gasteiger partial charge is 0.416 e. The summed E-state index contributed by atoms with van der Waals surface area (Å²) in [6.07, 6.45) is -4.51. The molecule has 0 aliphatic heterocycles. The third kappa shape index (κ3) is 4.47. The Hall–Kier alpha value is -4.18. The molecule has 0 fully saturated rings. The second-order valence-corrected chi connectivity index (χ2v) is 8.15. The van der Waals surface area contributed by atoms with Crippen LogP contribution in [0, 0.1) is 0 Å². The van der Waals surface area contributed by atoms with Crippen molar-refractivity contribution in [1.29, 1.82) is 0 Å². The monoisotopic (exact) mass is 498 g/mol. The zero-order chi connectivity index (χ0) is 24.7.